The average Bonchev–Trinajstić information content (AvgIpc) is 3.16. The van der Waals surface area contributed by atoms with E-state index in [9.17, 15) is 4.79 Å². The van der Waals surface area contributed by atoms with E-state index in [0.29, 0.717) is 11.9 Å². The van der Waals surface area contributed by atoms with Crippen LogP contribution in [0, 0.1) is 5.92 Å². The third-order valence-corrected chi connectivity index (χ3v) is 4.94. The van der Waals surface area contributed by atoms with Gasteiger partial charge in [0.25, 0.3) is 0 Å². The van der Waals surface area contributed by atoms with Crippen molar-refractivity contribution in [1.29, 1.82) is 0 Å². The van der Waals surface area contributed by atoms with Gasteiger partial charge in [-0.3, -0.25) is 4.79 Å². The normalized spacial score (nSPS) is 21.6. The number of rotatable bonds is 5. The van der Waals surface area contributed by atoms with Crippen LogP contribution in [0.2, 0.25) is 0 Å². The molecule has 1 unspecified atom stereocenters. The summed E-state index contributed by atoms with van der Waals surface area (Å²) >= 11 is 0. The highest BCUT2D eigenvalue weighted by Crippen LogP contribution is 2.27. The number of hydrogen-bond donors (Lipinski definition) is 2. The summed E-state index contributed by atoms with van der Waals surface area (Å²) in [5, 5.41) is 6.82. The molecule has 2 aliphatic rings. The second kappa shape index (κ2) is 7.75. The number of ether oxygens (including phenoxy) is 2. The standard InChI is InChI=1S/C18H27N3O3/c1-23-16-9-15(10-17(11-16)24-2)20-14-4-7-21(8-5-14)18(22)13-3-6-19-12-13/h9-11,13-14,19-20H,3-8,12H2,1-2H3. The van der Waals surface area contributed by atoms with E-state index in [0.717, 1.165) is 62.6 Å². The number of hydrogen-bond acceptors (Lipinski definition) is 5. The lowest BCUT2D eigenvalue weighted by atomic mass is 10.0. The van der Waals surface area contributed by atoms with Crippen LogP contribution in [0.15, 0.2) is 18.2 Å². The number of piperidine rings is 1. The maximum atomic E-state index is 12.5. The van der Waals surface area contributed by atoms with Gasteiger partial charge in [-0.25, -0.2) is 0 Å². The number of likely N-dealkylation sites (tertiary alicyclic amines) is 1. The predicted molar refractivity (Wildman–Crippen MR) is 93.7 cm³/mol. The van der Waals surface area contributed by atoms with Crippen molar-refractivity contribution in [2.24, 2.45) is 5.92 Å². The molecule has 6 heteroatoms. The molecule has 6 nitrogen and oxygen atoms in total. The van der Waals surface area contributed by atoms with Gasteiger partial charge in [-0.05, 0) is 25.8 Å². The molecule has 24 heavy (non-hydrogen) atoms. The van der Waals surface area contributed by atoms with E-state index in [2.05, 4.69) is 10.6 Å². The summed E-state index contributed by atoms with van der Waals surface area (Å²) in [5.41, 5.74) is 0.996. The number of amides is 1. The molecule has 1 amide bonds. The van der Waals surface area contributed by atoms with E-state index in [-0.39, 0.29) is 5.92 Å². The Bertz CT molecular complexity index is 542. The molecule has 1 aromatic carbocycles. The minimum absolute atomic E-state index is 0.178. The molecule has 3 rings (SSSR count). The van der Waals surface area contributed by atoms with Crippen molar-refractivity contribution in [3.63, 3.8) is 0 Å². The van der Waals surface area contributed by atoms with Crippen molar-refractivity contribution in [2.75, 3.05) is 45.7 Å². The van der Waals surface area contributed by atoms with E-state index < -0.39 is 0 Å². The Balaban J connectivity index is 1.54. The molecule has 1 atom stereocenters. The van der Waals surface area contributed by atoms with Gasteiger partial charge in [-0.2, -0.15) is 0 Å². The zero-order valence-electron chi connectivity index (χ0n) is 14.5. The topological polar surface area (TPSA) is 62.8 Å². The first-order chi connectivity index (χ1) is 11.7. The number of carbonyl (C=O) groups excluding carboxylic acids is 1. The summed E-state index contributed by atoms with van der Waals surface area (Å²) in [6, 6.07) is 6.18. The largest absolute Gasteiger partial charge is 0.497 e. The van der Waals surface area contributed by atoms with Gasteiger partial charge in [0, 0.05) is 49.6 Å². The molecule has 2 aliphatic heterocycles. The summed E-state index contributed by atoms with van der Waals surface area (Å²) in [6.07, 6.45) is 2.90. The Kier molecular flexibility index (Phi) is 5.45. The van der Waals surface area contributed by atoms with Crippen molar-refractivity contribution >= 4 is 11.6 Å². The average molecular weight is 333 g/mol. The molecule has 2 heterocycles. The number of carbonyl (C=O) groups is 1. The van der Waals surface area contributed by atoms with Gasteiger partial charge in [0.15, 0.2) is 0 Å². The van der Waals surface area contributed by atoms with Crippen LogP contribution < -0.4 is 20.1 Å². The number of nitrogens with zero attached hydrogens (tertiary/aromatic N) is 1. The number of benzene rings is 1. The molecule has 0 aliphatic carbocycles. The molecule has 132 valence electrons. The Hall–Kier alpha value is -1.95. The first-order valence-corrected chi connectivity index (χ1v) is 8.68. The smallest absolute Gasteiger partial charge is 0.227 e. The number of anilines is 1. The molecule has 2 N–H and O–H groups in total. The quantitative estimate of drug-likeness (QED) is 0.859. The van der Waals surface area contributed by atoms with Crippen molar-refractivity contribution in [2.45, 2.75) is 25.3 Å². The van der Waals surface area contributed by atoms with Gasteiger partial charge in [0.2, 0.25) is 5.91 Å². The lowest BCUT2D eigenvalue weighted by molar-refractivity contribution is -0.135. The highest BCUT2D eigenvalue weighted by molar-refractivity contribution is 5.79. The summed E-state index contributed by atoms with van der Waals surface area (Å²) < 4.78 is 10.6. The number of methoxy groups -OCH3 is 2. The summed E-state index contributed by atoms with van der Waals surface area (Å²) in [4.78, 5) is 14.5. The van der Waals surface area contributed by atoms with Crippen LogP contribution in [0.5, 0.6) is 11.5 Å². The van der Waals surface area contributed by atoms with E-state index in [4.69, 9.17) is 9.47 Å². The van der Waals surface area contributed by atoms with E-state index in [1.54, 1.807) is 14.2 Å². The van der Waals surface area contributed by atoms with Crippen molar-refractivity contribution in [3.8, 4) is 11.5 Å². The van der Waals surface area contributed by atoms with Gasteiger partial charge in [-0.15, -0.1) is 0 Å². The highest BCUT2D eigenvalue weighted by atomic mass is 16.5. The van der Waals surface area contributed by atoms with Crippen LogP contribution in [0.25, 0.3) is 0 Å². The maximum Gasteiger partial charge on any atom is 0.227 e. The first kappa shape index (κ1) is 16.9. The van der Waals surface area contributed by atoms with Crippen LogP contribution >= 0.6 is 0 Å². The fraction of sp³-hybridized carbons (Fsp3) is 0.611. The summed E-state index contributed by atoms with van der Waals surface area (Å²) in [7, 11) is 3.31. The van der Waals surface area contributed by atoms with Gasteiger partial charge >= 0.3 is 0 Å². The molecule has 0 bridgehead atoms. The third kappa shape index (κ3) is 3.93. The molecule has 2 fully saturated rings. The van der Waals surface area contributed by atoms with Crippen LogP contribution in [0.3, 0.4) is 0 Å². The van der Waals surface area contributed by atoms with Crippen LogP contribution in [-0.4, -0.2) is 57.2 Å². The van der Waals surface area contributed by atoms with Gasteiger partial charge in [-0.1, -0.05) is 0 Å². The second-order valence-corrected chi connectivity index (χ2v) is 6.53. The molecular formula is C18H27N3O3. The van der Waals surface area contributed by atoms with Crippen LogP contribution in [-0.2, 0) is 4.79 Å². The Morgan fingerprint density at radius 1 is 1.12 bits per heavy atom. The second-order valence-electron chi connectivity index (χ2n) is 6.53. The van der Waals surface area contributed by atoms with Crippen molar-refractivity contribution < 1.29 is 14.3 Å². The van der Waals surface area contributed by atoms with E-state index in [1.807, 2.05) is 23.1 Å². The zero-order valence-corrected chi connectivity index (χ0v) is 14.5. The van der Waals surface area contributed by atoms with Crippen LogP contribution in [0.1, 0.15) is 19.3 Å². The molecule has 2 saturated heterocycles. The molecule has 1 aromatic rings. The molecule has 0 spiro atoms. The predicted octanol–water partition coefficient (Wildman–Crippen LogP) is 1.72. The fourth-order valence-electron chi connectivity index (χ4n) is 3.49. The third-order valence-electron chi connectivity index (χ3n) is 4.94. The monoisotopic (exact) mass is 333 g/mol. The van der Waals surface area contributed by atoms with E-state index >= 15 is 0 Å². The van der Waals surface area contributed by atoms with Gasteiger partial charge in [0.1, 0.15) is 11.5 Å². The molecule has 0 saturated carbocycles. The Morgan fingerprint density at radius 3 is 2.33 bits per heavy atom. The lowest BCUT2D eigenvalue weighted by Crippen LogP contribution is -2.45. The van der Waals surface area contributed by atoms with Gasteiger partial charge in [0.05, 0.1) is 20.1 Å². The first-order valence-electron chi connectivity index (χ1n) is 8.68. The SMILES string of the molecule is COc1cc(NC2CCN(C(=O)C3CCNC3)CC2)cc(OC)c1. The minimum Gasteiger partial charge on any atom is -0.497 e. The Labute approximate surface area is 143 Å². The molecule has 0 aromatic heterocycles. The van der Waals surface area contributed by atoms with E-state index in [1.165, 1.54) is 0 Å². The summed E-state index contributed by atoms with van der Waals surface area (Å²) in [6.45, 7) is 3.45. The maximum absolute atomic E-state index is 12.5. The molecule has 0 radical (unpaired) electrons. The van der Waals surface area contributed by atoms with Crippen LogP contribution in [0.4, 0.5) is 5.69 Å². The summed E-state index contributed by atoms with van der Waals surface area (Å²) in [5.74, 6) is 2.05. The lowest BCUT2D eigenvalue weighted by Gasteiger charge is -2.34. The Morgan fingerprint density at radius 2 is 1.79 bits per heavy atom. The zero-order chi connectivity index (χ0) is 16.9. The fourth-order valence-corrected chi connectivity index (χ4v) is 3.49. The van der Waals surface area contributed by atoms with Crippen molar-refractivity contribution in [3.05, 3.63) is 18.2 Å². The number of nitrogens with one attached hydrogen (secondary N) is 2. The molecular weight excluding hydrogens is 306 g/mol. The van der Waals surface area contributed by atoms with Crippen molar-refractivity contribution in [1.82, 2.24) is 10.2 Å². The van der Waals surface area contributed by atoms with Gasteiger partial charge < -0.3 is 25.0 Å². The minimum atomic E-state index is 0.178. The highest BCUT2D eigenvalue weighted by Gasteiger charge is 2.29.